The van der Waals surface area contributed by atoms with Crippen molar-refractivity contribution in [2.45, 2.75) is 31.1 Å². The summed E-state index contributed by atoms with van der Waals surface area (Å²) in [6.07, 6.45) is 0.489. The van der Waals surface area contributed by atoms with Gasteiger partial charge in [-0.05, 0) is 41.8 Å². The number of anilines is 2. The molecule has 0 atom stereocenters. The van der Waals surface area contributed by atoms with Crippen LogP contribution in [-0.4, -0.2) is 17.6 Å². The number of benzene rings is 2. The van der Waals surface area contributed by atoms with Crippen LogP contribution in [0.1, 0.15) is 42.1 Å². The van der Waals surface area contributed by atoms with Crippen LogP contribution in [0.15, 0.2) is 47.4 Å². The van der Waals surface area contributed by atoms with Crippen molar-refractivity contribution in [3.63, 3.8) is 0 Å². The molecule has 2 aromatic carbocycles. The number of carbonyl (C=O) groups excluding carboxylic acids is 2. The largest absolute Gasteiger partial charge is 0.325 e. The summed E-state index contributed by atoms with van der Waals surface area (Å²) in [7, 11) is 0. The molecule has 0 unspecified atom stereocenters. The summed E-state index contributed by atoms with van der Waals surface area (Å²) in [4.78, 5) is 25.2. The summed E-state index contributed by atoms with van der Waals surface area (Å²) in [6.45, 7) is 4.24. The van der Waals surface area contributed by atoms with Gasteiger partial charge in [-0.1, -0.05) is 26.0 Å². The van der Waals surface area contributed by atoms with Crippen LogP contribution in [0.25, 0.3) is 0 Å². The molecule has 1 heterocycles. The zero-order valence-electron chi connectivity index (χ0n) is 13.8. The van der Waals surface area contributed by atoms with Gasteiger partial charge < -0.3 is 10.6 Å². The Morgan fingerprint density at radius 1 is 1.21 bits per heavy atom. The molecule has 0 fully saturated rings. The summed E-state index contributed by atoms with van der Waals surface area (Å²) in [5.74, 6) is 0.971. The maximum atomic E-state index is 12.5. The minimum Gasteiger partial charge on any atom is -0.325 e. The average Bonchev–Trinajstić information content (AvgIpc) is 2.74. The number of hydrogen-bond donors (Lipinski definition) is 2. The first-order valence-electron chi connectivity index (χ1n) is 8.01. The molecule has 2 aromatic rings. The Morgan fingerprint density at radius 2 is 2.04 bits per heavy atom. The molecule has 1 aliphatic heterocycles. The lowest BCUT2D eigenvalue weighted by molar-refractivity contribution is -0.115. The molecule has 0 aromatic heterocycles. The first-order valence-corrected chi connectivity index (χ1v) is 8.99. The first kappa shape index (κ1) is 16.6. The molecule has 24 heavy (non-hydrogen) atoms. The molecular formula is C19H20N2O2S. The molecule has 0 radical (unpaired) electrons. The van der Waals surface area contributed by atoms with Gasteiger partial charge in [0, 0.05) is 28.3 Å². The van der Waals surface area contributed by atoms with Crippen LogP contribution in [0, 0.1) is 0 Å². The number of nitrogens with one attached hydrogen (secondary N) is 2. The Morgan fingerprint density at radius 3 is 2.83 bits per heavy atom. The number of rotatable bonds is 3. The lowest BCUT2D eigenvalue weighted by atomic mass is 10.0. The topological polar surface area (TPSA) is 58.2 Å². The van der Waals surface area contributed by atoms with E-state index in [1.807, 2.05) is 24.3 Å². The quantitative estimate of drug-likeness (QED) is 0.865. The molecule has 0 spiro atoms. The summed E-state index contributed by atoms with van der Waals surface area (Å²) in [6, 6.07) is 13.3. The molecule has 4 nitrogen and oxygen atoms in total. The first-order chi connectivity index (χ1) is 11.5. The van der Waals surface area contributed by atoms with E-state index in [1.54, 1.807) is 23.9 Å². The van der Waals surface area contributed by atoms with Gasteiger partial charge >= 0.3 is 0 Å². The van der Waals surface area contributed by atoms with Crippen LogP contribution in [-0.2, 0) is 4.79 Å². The van der Waals surface area contributed by atoms with Crippen molar-refractivity contribution >= 4 is 35.0 Å². The molecule has 124 valence electrons. The van der Waals surface area contributed by atoms with Gasteiger partial charge in [0.05, 0.1) is 5.69 Å². The van der Waals surface area contributed by atoms with Gasteiger partial charge in [-0.2, -0.15) is 0 Å². The van der Waals surface area contributed by atoms with Crippen LogP contribution in [0.4, 0.5) is 11.4 Å². The fraction of sp³-hybridized carbons (Fsp3) is 0.263. The Labute approximate surface area is 146 Å². The molecule has 0 bridgehead atoms. The van der Waals surface area contributed by atoms with Gasteiger partial charge in [0.2, 0.25) is 5.91 Å². The number of fused-ring (bicyclic) bond motifs is 1. The van der Waals surface area contributed by atoms with Crippen LogP contribution in [0.3, 0.4) is 0 Å². The van der Waals surface area contributed by atoms with Crippen molar-refractivity contribution in [1.29, 1.82) is 0 Å². The highest BCUT2D eigenvalue weighted by atomic mass is 32.2. The minimum absolute atomic E-state index is 0.0107. The van der Waals surface area contributed by atoms with Crippen molar-refractivity contribution in [2.75, 3.05) is 16.4 Å². The standard InChI is InChI=1S/C19H20N2O2S/c1-12(2)13-4-3-5-15(10-13)20-19(23)14-6-7-17-16(11-14)21-18(22)8-9-24-17/h3-7,10-12H,8-9H2,1-2H3,(H,20,23)(H,21,22). The molecule has 0 aliphatic carbocycles. The predicted molar refractivity (Wildman–Crippen MR) is 98.9 cm³/mol. The fourth-order valence-electron chi connectivity index (χ4n) is 2.54. The van der Waals surface area contributed by atoms with Crippen molar-refractivity contribution in [2.24, 2.45) is 0 Å². The van der Waals surface area contributed by atoms with Gasteiger partial charge in [0.25, 0.3) is 5.91 Å². The second-order valence-corrected chi connectivity index (χ2v) is 7.23. The van der Waals surface area contributed by atoms with E-state index in [0.29, 0.717) is 23.6 Å². The highest BCUT2D eigenvalue weighted by Crippen LogP contribution is 2.31. The molecule has 0 saturated carbocycles. The van der Waals surface area contributed by atoms with E-state index in [4.69, 9.17) is 0 Å². The Bertz CT molecular complexity index is 787. The smallest absolute Gasteiger partial charge is 0.255 e. The number of carbonyl (C=O) groups is 2. The second kappa shape index (κ2) is 7.09. The summed E-state index contributed by atoms with van der Waals surface area (Å²) < 4.78 is 0. The van der Waals surface area contributed by atoms with Gasteiger partial charge in [0.15, 0.2) is 0 Å². The maximum absolute atomic E-state index is 12.5. The van der Waals surface area contributed by atoms with Gasteiger partial charge in [-0.25, -0.2) is 0 Å². The molecule has 2 amide bonds. The number of amides is 2. The summed E-state index contributed by atoms with van der Waals surface area (Å²) >= 11 is 1.63. The lowest BCUT2D eigenvalue weighted by Crippen LogP contribution is -2.14. The van der Waals surface area contributed by atoms with E-state index in [1.165, 1.54) is 5.56 Å². The summed E-state index contributed by atoms with van der Waals surface area (Å²) in [5.41, 5.74) is 3.20. The molecule has 2 N–H and O–H groups in total. The normalized spacial score (nSPS) is 13.9. The van der Waals surface area contributed by atoms with Crippen molar-refractivity contribution in [3.8, 4) is 0 Å². The summed E-state index contributed by atoms with van der Waals surface area (Å²) in [5, 5.41) is 5.79. The Balaban J connectivity index is 1.80. The third-order valence-corrected chi connectivity index (χ3v) is 4.99. The van der Waals surface area contributed by atoms with Crippen LogP contribution < -0.4 is 10.6 Å². The van der Waals surface area contributed by atoms with Crippen molar-refractivity contribution in [3.05, 3.63) is 53.6 Å². The lowest BCUT2D eigenvalue weighted by Gasteiger charge is -2.11. The SMILES string of the molecule is CC(C)c1cccc(NC(=O)c2ccc3c(c2)NC(=O)CCS3)c1. The molecule has 1 aliphatic rings. The highest BCUT2D eigenvalue weighted by molar-refractivity contribution is 7.99. The van der Waals surface area contributed by atoms with Gasteiger partial charge in [0.1, 0.15) is 0 Å². The Hall–Kier alpha value is -2.27. The van der Waals surface area contributed by atoms with Crippen LogP contribution in [0.2, 0.25) is 0 Å². The molecule has 5 heteroatoms. The third kappa shape index (κ3) is 3.79. The molecule has 3 rings (SSSR count). The van der Waals surface area contributed by atoms with E-state index in [9.17, 15) is 9.59 Å². The molecule has 0 saturated heterocycles. The van der Waals surface area contributed by atoms with Crippen molar-refractivity contribution < 1.29 is 9.59 Å². The predicted octanol–water partition coefficient (Wildman–Crippen LogP) is 4.50. The van der Waals surface area contributed by atoms with Gasteiger partial charge in [-0.15, -0.1) is 11.8 Å². The molecular weight excluding hydrogens is 320 g/mol. The second-order valence-electron chi connectivity index (χ2n) is 6.09. The number of hydrogen-bond acceptors (Lipinski definition) is 3. The van der Waals surface area contributed by atoms with Crippen LogP contribution >= 0.6 is 11.8 Å². The van der Waals surface area contributed by atoms with E-state index < -0.39 is 0 Å². The van der Waals surface area contributed by atoms with E-state index >= 15 is 0 Å². The van der Waals surface area contributed by atoms with E-state index in [0.717, 1.165) is 16.3 Å². The zero-order chi connectivity index (χ0) is 17.1. The average molecular weight is 340 g/mol. The zero-order valence-corrected chi connectivity index (χ0v) is 14.6. The Kier molecular flexibility index (Phi) is 4.90. The van der Waals surface area contributed by atoms with E-state index in [-0.39, 0.29) is 11.8 Å². The van der Waals surface area contributed by atoms with E-state index in [2.05, 4.69) is 30.5 Å². The van der Waals surface area contributed by atoms with Crippen LogP contribution in [0.5, 0.6) is 0 Å². The monoisotopic (exact) mass is 340 g/mol. The van der Waals surface area contributed by atoms with Gasteiger partial charge in [-0.3, -0.25) is 9.59 Å². The van der Waals surface area contributed by atoms with Crippen molar-refractivity contribution in [1.82, 2.24) is 0 Å². The minimum atomic E-state index is -0.179. The number of thioether (sulfide) groups is 1. The maximum Gasteiger partial charge on any atom is 0.255 e. The highest BCUT2D eigenvalue weighted by Gasteiger charge is 2.16. The fourth-order valence-corrected chi connectivity index (χ4v) is 3.48. The third-order valence-electron chi connectivity index (χ3n) is 3.91.